The van der Waals surface area contributed by atoms with E-state index in [1.54, 1.807) is 6.33 Å². The van der Waals surface area contributed by atoms with Gasteiger partial charge in [-0.3, -0.25) is 4.40 Å². The lowest BCUT2D eigenvalue weighted by molar-refractivity contribution is 0.0252. The monoisotopic (exact) mass is 443 g/mol. The summed E-state index contributed by atoms with van der Waals surface area (Å²) in [6.45, 7) is 8.87. The van der Waals surface area contributed by atoms with E-state index in [1.165, 1.54) is 72.1 Å². The van der Waals surface area contributed by atoms with Crippen LogP contribution in [-0.4, -0.2) is 56.8 Å². The van der Waals surface area contributed by atoms with E-state index in [0.717, 1.165) is 24.9 Å². The number of pyridine rings is 1. The van der Waals surface area contributed by atoms with E-state index in [-0.39, 0.29) is 0 Å². The molecule has 4 aromatic rings. The van der Waals surface area contributed by atoms with Crippen molar-refractivity contribution in [3.63, 3.8) is 0 Å². The summed E-state index contributed by atoms with van der Waals surface area (Å²) in [6.07, 6.45) is 8.78. The molecule has 3 aromatic heterocycles. The highest BCUT2D eigenvalue weighted by Crippen LogP contribution is 2.38. The van der Waals surface area contributed by atoms with Gasteiger partial charge in [-0.1, -0.05) is 19.9 Å². The predicted octanol–water partition coefficient (Wildman–Crippen LogP) is 5.36. The second kappa shape index (κ2) is 8.58. The number of fused-ring (bicyclic) bond motifs is 2. The number of nitrogens with one attached hydrogen (secondary N) is 1. The van der Waals surface area contributed by atoms with E-state index in [1.807, 2.05) is 10.5 Å². The molecule has 172 valence electrons. The summed E-state index contributed by atoms with van der Waals surface area (Å²) in [6, 6.07) is 12.0. The molecule has 2 aliphatic rings. The zero-order valence-electron chi connectivity index (χ0n) is 19.6. The Morgan fingerprint density at radius 2 is 1.85 bits per heavy atom. The summed E-state index contributed by atoms with van der Waals surface area (Å²) in [4.78, 5) is 6.44. The summed E-state index contributed by atoms with van der Waals surface area (Å²) in [5.41, 5.74) is 7.38. The van der Waals surface area contributed by atoms with Gasteiger partial charge >= 0.3 is 0 Å². The molecule has 0 saturated carbocycles. The standard InChI is InChI=1S/C27H33N5O/c1-18(2)26-23-15-20(19-7-11-31(12-8-19)22-9-13-33-14-10-22)3-5-24(23)29-27(26)21-4-6-25-30-28-17-32(25)16-21/h3-6,15-19,22,29H,7-14H2,1-2H3. The molecule has 6 nitrogen and oxygen atoms in total. The van der Waals surface area contributed by atoms with Crippen LogP contribution in [-0.2, 0) is 4.74 Å². The van der Waals surface area contributed by atoms with E-state index in [4.69, 9.17) is 4.74 Å². The number of aromatic nitrogens is 4. The van der Waals surface area contributed by atoms with Gasteiger partial charge in [-0.15, -0.1) is 10.2 Å². The normalized spacial score (nSPS) is 19.2. The van der Waals surface area contributed by atoms with E-state index >= 15 is 0 Å². The first kappa shape index (κ1) is 20.9. The first-order valence-electron chi connectivity index (χ1n) is 12.4. The van der Waals surface area contributed by atoms with Crippen LogP contribution in [0.15, 0.2) is 42.9 Å². The quantitative estimate of drug-likeness (QED) is 0.461. The van der Waals surface area contributed by atoms with Crippen molar-refractivity contribution in [1.29, 1.82) is 0 Å². The van der Waals surface area contributed by atoms with Crippen LogP contribution in [0.1, 0.15) is 62.5 Å². The number of benzene rings is 1. The Morgan fingerprint density at radius 1 is 1.03 bits per heavy atom. The molecule has 0 spiro atoms. The summed E-state index contributed by atoms with van der Waals surface area (Å²) in [7, 11) is 0. The minimum Gasteiger partial charge on any atom is -0.381 e. The maximum atomic E-state index is 5.57. The minimum atomic E-state index is 0.427. The van der Waals surface area contributed by atoms with Crippen molar-refractivity contribution < 1.29 is 4.74 Å². The van der Waals surface area contributed by atoms with Crippen LogP contribution in [0.3, 0.4) is 0 Å². The third kappa shape index (κ3) is 3.85. The Hall–Kier alpha value is -2.70. The highest BCUT2D eigenvalue weighted by atomic mass is 16.5. The lowest BCUT2D eigenvalue weighted by Crippen LogP contribution is -2.43. The number of ether oxygens (including phenoxy) is 1. The summed E-state index contributed by atoms with van der Waals surface area (Å²) in [5.74, 6) is 1.08. The van der Waals surface area contributed by atoms with Gasteiger partial charge in [0, 0.05) is 41.9 Å². The Morgan fingerprint density at radius 3 is 2.64 bits per heavy atom. The van der Waals surface area contributed by atoms with E-state index in [2.05, 4.69) is 64.4 Å². The smallest absolute Gasteiger partial charge is 0.160 e. The Kier molecular flexibility index (Phi) is 5.43. The zero-order chi connectivity index (χ0) is 22.4. The highest BCUT2D eigenvalue weighted by molar-refractivity contribution is 5.92. The number of aromatic amines is 1. The SMILES string of the molecule is CC(C)c1c(-c2ccc3nncn3c2)[nH]c2ccc(C3CCN(C4CCOCC4)CC3)cc12. The third-order valence-electron chi connectivity index (χ3n) is 7.73. The van der Waals surface area contributed by atoms with Gasteiger partial charge in [-0.05, 0) is 86.0 Å². The number of likely N-dealkylation sites (tertiary alicyclic amines) is 1. The van der Waals surface area contributed by atoms with Gasteiger partial charge < -0.3 is 14.6 Å². The van der Waals surface area contributed by atoms with Crippen LogP contribution in [0, 0.1) is 0 Å². The first-order chi connectivity index (χ1) is 16.2. The lowest BCUT2D eigenvalue weighted by atomic mass is 9.86. The molecule has 6 heteroatoms. The van der Waals surface area contributed by atoms with Crippen molar-refractivity contribution in [1.82, 2.24) is 24.5 Å². The van der Waals surface area contributed by atoms with Gasteiger partial charge in [0.2, 0.25) is 0 Å². The fourth-order valence-electron chi connectivity index (χ4n) is 5.94. The Balaban J connectivity index is 1.30. The number of hydrogen-bond acceptors (Lipinski definition) is 4. The number of H-pyrrole nitrogens is 1. The fraction of sp³-hybridized carbons (Fsp3) is 0.481. The first-order valence-corrected chi connectivity index (χ1v) is 12.4. The van der Waals surface area contributed by atoms with Gasteiger partial charge in [0.1, 0.15) is 6.33 Å². The van der Waals surface area contributed by atoms with Gasteiger partial charge in [-0.25, -0.2) is 0 Å². The molecule has 0 radical (unpaired) electrons. The fourth-order valence-corrected chi connectivity index (χ4v) is 5.94. The summed E-state index contributed by atoms with van der Waals surface area (Å²) in [5, 5.41) is 9.54. The van der Waals surface area contributed by atoms with Crippen LogP contribution in [0.4, 0.5) is 0 Å². The number of hydrogen-bond donors (Lipinski definition) is 1. The topological polar surface area (TPSA) is 58.5 Å². The molecule has 5 heterocycles. The van der Waals surface area contributed by atoms with E-state index < -0.39 is 0 Å². The predicted molar refractivity (Wildman–Crippen MR) is 132 cm³/mol. The van der Waals surface area contributed by atoms with Crippen molar-refractivity contribution in [3.05, 3.63) is 54.0 Å². The van der Waals surface area contributed by atoms with Crippen LogP contribution in [0.5, 0.6) is 0 Å². The number of nitrogens with zero attached hydrogens (tertiary/aromatic N) is 4. The maximum Gasteiger partial charge on any atom is 0.160 e. The average molecular weight is 444 g/mol. The highest BCUT2D eigenvalue weighted by Gasteiger charge is 2.27. The molecule has 1 N–H and O–H groups in total. The minimum absolute atomic E-state index is 0.427. The van der Waals surface area contributed by atoms with Crippen LogP contribution in [0.2, 0.25) is 0 Å². The Bertz CT molecular complexity index is 1260. The molecule has 0 amide bonds. The van der Waals surface area contributed by atoms with Crippen LogP contribution in [0.25, 0.3) is 27.8 Å². The molecule has 1 aromatic carbocycles. The average Bonchev–Trinajstić information content (AvgIpc) is 3.48. The molecule has 2 aliphatic heterocycles. The molecule has 6 rings (SSSR count). The molecule has 2 saturated heterocycles. The van der Waals surface area contributed by atoms with Crippen molar-refractivity contribution in [2.45, 2.75) is 57.4 Å². The van der Waals surface area contributed by atoms with Crippen LogP contribution >= 0.6 is 0 Å². The number of rotatable bonds is 4. The third-order valence-corrected chi connectivity index (χ3v) is 7.73. The molecule has 0 unspecified atom stereocenters. The largest absolute Gasteiger partial charge is 0.381 e. The van der Waals surface area contributed by atoms with Gasteiger partial charge in [0.15, 0.2) is 5.65 Å². The zero-order valence-corrected chi connectivity index (χ0v) is 19.6. The second-order valence-corrected chi connectivity index (χ2v) is 10.0. The van der Waals surface area contributed by atoms with Gasteiger partial charge in [-0.2, -0.15) is 0 Å². The second-order valence-electron chi connectivity index (χ2n) is 10.0. The number of piperidine rings is 1. The van der Waals surface area contributed by atoms with E-state index in [9.17, 15) is 0 Å². The Labute approximate surface area is 195 Å². The van der Waals surface area contributed by atoms with Crippen molar-refractivity contribution in [2.24, 2.45) is 0 Å². The van der Waals surface area contributed by atoms with Crippen molar-refractivity contribution in [3.8, 4) is 11.3 Å². The molecule has 0 atom stereocenters. The molecule has 2 fully saturated rings. The van der Waals surface area contributed by atoms with E-state index in [0.29, 0.717) is 11.8 Å². The van der Waals surface area contributed by atoms with Crippen molar-refractivity contribution >= 4 is 16.6 Å². The molecule has 33 heavy (non-hydrogen) atoms. The maximum absolute atomic E-state index is 5.57. The summed E-state index contributed by atoms with van der Waals surface area (Å²) >= 11 is 0. The molecular formula is C27H33N5O. The molecule has 0 bridgehead atoms. The van der Waals surface area contributed by atoms with Crippen molar-refractivity contribution in [2.75, 3.05) is 26.3 Å². The van der Waals surface area contributed by atoms with Gasteiger partial charge in [0.05, 0.1) is 5.69 Å². The lowest BCUT2D eigenvalue weighted by Gasteiger charge is -2.39. The van der Waals surface area contributed by atoms with Crippen LogP contribution < -0.4 is 0 Å². The van der Waals surface area contributed by atoms with Gasteiger partial charge in [0.25, 0.3) is 0 Å². The molecule has 0 aliphatic carbocycles. The summed E-state index contributed by atoms with van der Waals surface area (Å²) < 4.78 is 7.55. The molecular weight excluding hydrogens is 410 g/mol.